The molecule has 5 rings (SSSR count). The van der Waals surface area contributed by atoms with Crippen LogP contribution in [-0.4, -0.2) is 10.9 Å². The van der Waals surface area contributed by atoms with Crippen LogP contribution in [0.15, 0.2) is 60.7 Å². The number of para-hydroxylation sites is 1. The Morgan fingerprint density at radius 2 is 1.73 bits per heavy atom. The first-order valence-corrected chi connectivity index (χ1v) is 9.15. The Bertz CT molecular complexity index is 1150. The monoisotopic (exact) mass is 340 g/mol. The molecule has 0 fully saturated rings. The molecule has 1 unspecified atom stereocenters. The maximum absolute atomic E-state index is 11.9. The maximum atomic E-state index is 11.9. The van der Waals surface area contributed by atoms with E-state index in [9.17, 15) is 4.79 Å². The van der Waals surface area contributed by atoms with E-state index >= 15 is 0 Å². The van der Waals surface area contributed by atoms with Crippen molar-refractivity contribution in [2.75, 3.05) is 0 Å². The van der Waals surface area contributed by atoms with Crippen LogP contribution in [0.3, 0.4) is 0 Å². The van der Waals surface area contributed by atoms with Gasteiger partial charge in [0.2, 0.25) is 0 Å². The highest BCUT2D eigenvalue weighted by Crippen LogP contribution is 2.42. The zero-order chi connectivity index (χ0) is 17.7. The molecule has 1 aromatic heterocycles. The van der Waals surface area contributed by atoms with E-state index in [4.69, 9.17) is 5.73 Å². The molecular weight excluding hydrogens is 320 g/mol. The summed E-state index contributed by atoms with van der Waals surface area (Å²) in [5.74, 6) is -0.0612. The number of carbonyl (C=O) groups excluding carboxylic acids is 1. The van der Waals surface area contributed by atoms with Gasteiger partial charge in [-0.05, 0) is 47.2 Å². The van der Waals surface area contributed by atoms with Gasteiger partial charge in [0.15, 0.2) is 0 Å². The number of aromatic amines is 1. The Balaban J connectivity index is 1.77. The number of benzene rings is 3. The van der Waals surface area contributed by atoms with Crippen LogP contribution >= 0.6 is 0 Å². The third kappa shape index (κ3) is 2.17. The fourth-order valence-corrected chi connectivity index (χ4v) is 4.56. The summed E-state index contributed by atoms with van der Waals surface area (Å²) in [5.41, 5.74) is 11.0. The summed E-state index contributed by atoms with van der Waals surface area (Å²) < 4.78 is 0. The molecule has 26 heavy (non-hydrogen) atoms. The molecule has 1 amide bonds. The molecule has 4 aromatic rings. The highest BCUT2D eigenvalue weighted by Gasteiger charge is 2.27. The van der Waals surface area contributed by atoms with E-state index in [1.807, 2.05) is 6.07 Å². The number of primary amides is 1. The average Bonchev–Trinajstić information content (AvgIpc) is 3.06. The summed E-state index contributed by atoms with van der Waals surface area (Å²) in [5, 5.41) is 3.72. The second-order valence-electron chi connectivity index (χ2n) is 7.12. The summed E-state index contributed by atoms with van der Waals surface area (Å²) in [4.78, 5) is 15.4. The highest BCUT2D eigenvalue weighted by atomic mass is 16.1. The number of amides is 1. The second kappa shape index (κ2) is 5.73. The van der Waals surface area contributed by atoms with Crippen molar-refractivity contribution in [1.29, 1.82) is 0 Å². The molecule has 0 aliphatic heterocycles. The molecule has 1 heterocycles. The van der Waals surface area contributed by atoms with Gasteiger partial charge in [0.05, 0.1) is 11.1 Å². The molecule has 3 nitrogen and oxygen atoms in total. The lowest BCUT2D eigenvalue weighted by Crippen LogP contribution is -2.11. The first kappa shape index (κ1) is 15.2. The molecule has 3 aromatic carbocycles. The van der Waals surface area contributed by atoms with Crippen LogP contribution in [0.5, 0.6) is 0 Å². The van der Waals surface area contributed by atoms with Crippen molar-refractivity contribution in [3.05, 3.63) is 83.0 Å². The van der Waals surface area contributed by atoms with E-state index in [1.165, 1.54) is 27.6 Å². The summed E-state index contributed by atoms with van der Waals surface area (Å²) in [6.07, 6.45) is 3.30. The third-order valence-corrected chi connectivity index (χ3v) is 5.71. The molecule has 0 saturated carbocycles. The van der Waals surface area contributed by atoms with Crippen molar-refractivity contribution in [2.45, 2.75) is 25.2 Å². The van der Waals surface area contributed by atoms with Crippen LogP contribution in [0.1, 0.15) is 45.9 Å². The highest BCUT2D eigenvalue weighted by molar-refractivity contribution is 6.06. The van der Waals surface area contributed by atoms with Gasteiger partial charge in [0.1, 0.15) is 0 Å². The van der Waals surface area contributed by atoms with Crippen LogP contribution in [0.2, 0.25) is 0 Å². The average molecular weight is 340 g/mol. The first-order chi connectivity index (χ1) is 12.7. The summed E-state index contributed by atoms with van der Waals surface area (Å²) in [6.45, 7) is 0. The Morgan fingerprint density at radius 1 is 0.962 bits per heavy atom. The van der Waals surface area contributed by atoms with Crippen LogP contribution in [0.25, 0.3) is 21.7 Å². The van der Waals surface area contributed by atoms with Gasteiger partial charge in [-0.1, -0.05) is 54.6 Å². The van der Waals surface area contributed by atoms with E-state index in [1.54, 1.807) is 6.07 Å². The molecule has 1 atom stereocenters. The molecule has 1 aliphatic rings. The van der Waals surface area contributed by atoms with Gasteiger partial charge in [-0.2, -0.15) is 0 Å². The van der Waals surface area contributed by atoms with Gasteiger partial charge < -0.3 is 10.7 Å². The number of nitrogens with two attached hydrogens (primary N) is 1. The maximum Gasteiger partial charge on any atom is 0.250 e. The lowest BCUT2D eigenvalue weighted by molar-refractivity contribution is 0.100. The zero-order valence-electron chi connectivity index (χ0n) is 14.5. The van der Waals surface area contributed by atoms with E-state index in [0.29, 0.717) is 11.5 Å². The number of fused-ring (bicyclic) bond motifs is 4. The number of carbonyl (C=O) groups is 1. The summed E-state index contributed by atoms with van der Waals surface area (Å²) >= 11 is 0. The number of aromatic nitrogens is 1. The van der Waals surface area contributed by atoms with Gasteiger partial charge >= 0.3 is 0 Å². The van der Waals surface area contributed by atoms with E-state index in [0.717, 1.165) is 30.2 Å². The quantitative estimate of drug-likeness (QED) is 0.536. The van der Waals surface area contributed by atoms with E-state index in [2.05, 4.69) is 53.5 Å². The molecule has 0 bridgehead atoms. The molecule has 128 valence electrons. The van der Waals surface area contributed by atoms with Gasteiger partial charge in [-0.15, -0.1) is 0 Å². The number of hydrogen-bond donors (Lipinski definition) is 2. The number of aryl methyl sites for hydroxylation is 1. The molecule has 1 aliphatic carbocycles. The van der Waals surface area contributed by atoms with Gasteiger partial charge in [0, 0.05) is 17.0 Å². The largest absolute Gasteiger partial charge is 0.366 e. The van der Waals surface area contributed by atoms with Crippen molar-refractivity contribution >= 4 is 27.6 Å². The molecule has 3 N–H and O–H groups in total. The first-order valence-electron chi connectivity index (χ1n) is 9.15. The predicted octanol–water partition coefficient (Wildman–Crippen LogP) is 4.89. The molecule has 3 heteroatoms. The Labute approximate surface area is 151 Å². The third-order valence-electron chi connectivity index (χ3n) is 5.71. The zero-order valence-corrected chi connectivity index (χ0v) is 14.5. The minimum Gasteiger partial charge on any atom is -0.366 e. The van der Waals surface area contributed by atoms with Gasteiger partial charge in [-0.25, -0.2) is 0 Å². The minimum atomic E-state index is -0.379. The van der Waals surface area contributed by atoms with Crippen molar-refractivity contribution in [3.8, 4) is 0 Å². The normalized spacial score (nSPS) is 16.7. The van der Waals surface area contributed by atoms with Crippen LogP contribution in [-0.2, 0) is 6.42 Å². The fourth-order valence-electron chi connectivity index (χ4n) is 4.56. The number of rotatable bonds is 2. The Hall–Kier alpha value is -3.07. The van der Waals surface area contributed by atoms with Gasteiger partial charge in [-0.3, -0.25) is 4.79 Å². The standard InChI is InChI=1S/C23H20N2O/c24-23(26)20-13-5-12-19-18-11-4-10-17(21(18)25-22(19)20)16-9-3-7-14-6-1-2-8-15(14)16/h1-3,5-9,12-13,17,25H,4,10-11H2,(H2,24,26). The van der Waals surface area contributed by atoms with Gasteiger partial charge in [0.25, 0.3) is 5.91 Å². The summed E-state index contributed by atoms with van der Waals surface area (Å²) in [6, 6.07) is 20.9. The SMILES string of the molecule is NC(=O)c1cccc2c3c([nH]c12)C(c1cccc2ccccc12)CCC3. The van der Waals surface area contributed by atoms with Crippen molar-refractivity contribution in [3.63, 3.8) is 0 Å². The Kier molecular flexibility index (Phi) is 3.35. The second-order valence-corrected chi connectivity index (χ2v) is 7.12. The lowest BCUT2D eigenvalue weighted by Gasteiger charge is -2.24. The smallest absolute Gasteiger partial charge is 0.250 e. The van der Waals surface area contributed by atoms with Crippen LogP contribution in [0, 0.1) is 0 Å². The number of nitrogens with one attached hydrogen (secondary N) is 1. The Morgan fingerprint density at radius 3 is 2.62 bits per heavy atom. The fraction of sp³-hybridized carbons (Fsp3) is 0.174. The predicted molar refractivity (Wildman–Crippen MR) is 106 cm³/mol. The minimum absolute atomic E-state index is 0.318. The van der Waals surface area contributed by atoms with Crippen molar-refractivity contribution in [2.24, 2.45) is 5.73 Å². The van der Waals surface area contributed by atoms with Crippen molar-refractivity contribution in [1.82, 2.24) is 4.98 Å². The molecular formula is C23H20N2O. The molecule has 0 radical (unpaired) electrons. The topological polar surface area (TPSA) is 58.9 Å². The number of hydrogen-bond acceptors (Lipinski definition) is 1. The lowest BCUT2D eigenvalue weighted by atomic mass is 9.80. The van der Waals surface area contributed by atoms with E-state index in [-0.39, 0.29) is 5.91 Å². The molecule has 0 saturated heterocycles. The van der Waals surface area contributed by atoms with E-state index < -0.39 is 0 Å². The molecule has 0 spiro atoms. The van der Waals surface area contributed by atoms with Crippen LogP contribution in [0.4, 0.5) is 0 Å². The van der Waals surface area contributed by atoms with Crippen molar-refractivity contribution < 1.29 is 4.79 Å². The van der Waals surface area contributed by atoms with Crippen LogP contribution < -0.4 is 5.73 Å². The summed E-state index contributed by atoms with van der Waals surface area (Å²) in [7, 11) is 0. The number of H-pyrrole nitrogens is 1.